The van der Waals surface area contributed by atoms with E-state index in [0.29, 0.717) is 41.4 Å². The first kappa shape index (κ1) is 33.5. The van der Waals surface area contributed by atoms with E-state index in [0.717, 1.165) is 38.4 Å². The van der Waals surface area contributed by atoms with Crippen molar-refractivity contribution < 1.29 is 37.4 Å². The minimum Gasteiger partial charge on any atom is -0.471 e. The molecule has 0 N–H and O–H groups in total. The van der Waals surface area contributed by atoms with Gasteiger partial charge in [-0.3, -0.25) is 9.59 Å². The van der Waals surface area contributed by atoms with Crippen molar-refractivity contribution in [3.63, 3.8) is 0 Å². The maximum absolute atomic E-state index is 14.3. The van der Waals surface area contributed by atoms with Gasteiger partial charge in [0.2, 0.25) is 11.8 Å². The summed E-state index contributed by atoms with van der Waals surface area (Å²) >= 11 is 0. The molecule has 1 saturated heterocycles. The number of hydrogen-bond donors (Lipinski definition) is 0. The van der Waals surface area contributed by atoms with E-state index in [4.69, 9.17) is 19.4 Å². The number of rotatable bonds is 4. The Morgan fingerprint density at radius 3 is 2.64 bits per heavy atom. The lowest BCUT2D eigenvalue weighted by atomic mass is 9.77. The lowest BCUT2D eigenvalue weighted by molar-refractivity contribution is -0.168. The number of aryl methyl sites for hydroxylation is 1. The molecule has 2 aliphatic carbocycles. The Labute approximate surface area is 275 Å². The first-order valence-electron chi connectivity index (χ1n) is 17.2. The molecule has 0 spiro atoms. The fourth-order valence-corrected chi connectivity index (χ4v) is 8.60. The van der Waals surface area contributed by atoms with Gasteiger partial charge in [0.05, 0.1) is 36.0 Å². The normalized spacial score (nSPS) is 33.3. The van der Waals surface area contributed by atoms with Crippen LogP contribution in [0.3, 0.4) is 0 Å². The molecule has 47 heavy (non-hydrogen) atoms. The van der Waals surface area contributed by atoms with Crippen LogP contribution in [0.2, 0.25) is 0 Å². The van der Waals surface area contributed by atoms with E-state index in [9.17, 15) is 23.2 Å². The molecule has 1 aromatic heterocycles. The molecular weight excluding hydrogens is 608 g/mol. The number of aromatic nitrogens is 2. The molecule has 2 saturated carbocycles. The number of carbonyl (C=O) groups excluding carboxylic acids is 3. The monoisotopic (exact) mass is 655 g/mol. The summed E-state index contributed by atoms with van der Waals surface area (Å²) < 4.78 is 43.4. The van der Waals surface area contributed by atoms with E-state index in [-0.39, 0.29) is 48.3 Å². The molecule has 3 heterocycles. The topological polar surface area (TPSA) is 108 Å². The standard InChI is InChI=1S/C36H47F2N3O6/c1-6-22-29(19-42)41-18-30(22)46-32-27(39-26-13-12-21(45-34(37)38)15-28(26)40-32)11-9-7-8-10-24-23-14-20(23)17-36(24,5)47-31(43)16-25(33(41)44)35(2,3)4/h12-13,15,19-20,22-25,29-30,34H,6-11,14,16-18H2,1-5H3/t20?,22-,23?,24+,25+,29+,30-,36+/m0/s1. The van der Waals surface area contributed by atoms with Gasteiger partial charge in [-0.2, -0.15) is 8.78 Å². The molecule has 0 radical (unpaired) electrons. The van der Waals surface area contributed by atoms with Crippen LogP contribution in [0, 0.1) is 35.0 Å². The Hall–Kier alpha value is -3.37. The fraction of sp³-hybridized carbons (Fsp3) is 0.694. The number of nitrogens with zero attached hydrogens (tertiary/aromatic N) is 3. The Balaban J connectivity index is 1.37. The molecule has 11 heteroatoms. The van der Waals surface area contributed by atoms with Gasteiger partial charge in [0.1, 0.15) is 29.4 Å². The third-order valence-corrected chi connectivity index (χ3v) is 11.1. The van der Waals surface area contributed by atoms with Crippen LogP contribution in [-0.4, -0.2) is 63.9 Å². The summed E-state index contributed by atoms with van der Waals surface area (Å²) in [6, 6.07) is 3.73. The van der Waals surface area contributed by atoms with Crippen LogP contribution in [-0.2, 0) is 25.5 Å². The molecule has 2 aromatic rings. The van der Waals surface area contributed by atoms with Crippen molar-refractivity contribution in [3.8, 4) is 11.6 Å². The van der Waals surface area contributed by atoms with Gasteiger partial charge in [-0.25, -0.2) is 9.97 Å². The predicted molar refractivity (Wildman–Crippen MR) is 170 cm³/mol. The average molecular weight is 656 g/mol. The van der Waals surface area contributed by atoms with Crippen LogP contribution in [0.1, 0.15) is 91.7 Å². The summed E-state index contributed by atoms with van der Waals surface area (Å²) in [5.41, 5.74) is 0.418. The van der Waals surface area contributed by atoms with Crippen LogP contribution in [0.5, 0.6) is 11.6 Å². The second-order valence-electron chi connectivity index (χ2n) is 15.3. The van der Waals surface area contributed by atoms with Crippen molar-refractivity contribution in [1.82, 2.24) is 14.9 Å². The summed E-state index contributed by atoms with van der Waals surface area (Å²) in [5, 5.41) is 0. The lowest BCUT2D eigenvalue weighted by Gasteiger charge is -2.37. The van der Waals surface area contributed by atoms with E-state index in [1.807, 2.05) is 27.7 Å². The minimum atomic E-state index is -2.98. The number of esters is 1. The van der Waals surface area contributed by atoms with Crippen LogP contribution in [0.4, 0.5) is 8.78 Å². The number of ether oxygens (including phenoxy) is 3. The Kier molecular flexibility index (Phi) is 9.21. The van der Waals surface area contributed by atoms with Gasteiger partial charge in [-0.1, -0.05) is 40.5 Å². The van der Waals surface area contributed by atoms with Gasteiger partial charge < -0.3 is 23.9 Å². The van der Waals surface area contributed by atoms with E-state index in [1.165, 1.54) is 18.6 Å². The van der Waals surface area contributed by atoms with E-state index < -0.39 is 35.7 Å². The molecular formula is C36H47F2N3O6. The van der Waals surface area contributed by atoms with Crippen molar-refractivity contribution in [1.29, 1.82) is 0 Å². The Morgan fingerprint density at radius 2 is 1.94 bits per heavy atom. The number of aldehydes is 1. The van der Waals surface area contributed by atoms with Crippen LogP contribution >= 0.6 is 0 Å². The number of amides is 1. The number of carbonyl (C=O) groups is 3. The highest BCUT2D eigenvalue weighted by Crippen LogP contribution is 2.62. The van der Waals surface area contributed by atoms with Crippen LogP contribution < -0.4 is 9.47 Å². The number of halogens is 2. The maximum atomic E-state index is 14.3. The highest BCUT2D eigenvalue weighted by atomic mass is 19.3. The molecule has 1 aromatic carbocycles. The van der Waals surface area contributed by atoms with Gasteiger partial charge in [0.25, 0.3) is 0 Å². The van der Waals surface area contributed by atoms with Crippen molar-refractivity contribution in [2.45, 2.75) is 117 Å². The zero-order chi connectivity index (χ0) is 33.7. The van der Waals surface area contributed by atoms with Gasteiger partial charge in [0.15, 0.2) is 0 Å². The third kappa shape index (κ3) is 6.81. The second-order valence-corrected chi connectivity index (χ2v) is 15.3. The van der Waals surface area contributed by atoms with Gasteiger partial charge in [0, 0.05) is 17.9 Å². The second kappa shape index (κ2) is 12.9. The first-order chi connectivity index (χ1) is 22.3. The lowest BCUT2D eigenvalue weighted by Crippen LogP contribution is -2.47. The Morgan fingerprint density at radius 1 is 1.15 bits per heavy atom. The summed E-state index contributed by atoms with van der Waals surface area (Å²) in [6.07, 6.45) is 7.07. The number of hydrogen-bond acceptors (Lipinski definition) is 8. The zero-order valence-corrected chi connectivity index (χ0v) is 28.0. The van der Waals surface area contributed by atoms with Crippen molar-refractivity contribution in [3.05, 3.63) is 23.9 Å². The molecule has 2 unspecified atom stereocenters. The summed E-state index contributed by atoms with van der Waals surface area (Å²) in [5.74, 6) is 0.0346. The molecule has 1 amide bonds. The Bertz CT molecular complexity index is 1510. The van der Waals surface area contributed by atoms with Crippen LogP contribution in [0.25, 0.3) is 11.0 Å². The fourth-order valence-electron chi connectivity index (χ4n) is 8.60. The quantitative estimate of drug-likeness (QED) is 0.270. The zero-order valence-electron chi connectivity index (χ0n) is 28.0. The maximum Gasteiger partial charge on any atom is 0.387 e. The summed E-state index contributed by atoms with van der Waals surface area (Å²) in [6.45, 7) is 6.98. The molecule has 4 aliphatic rings. The molecule has 6 rings (SSSR count). The largest absolute Gasteiger partial charge is 0.471 e. The van der Waals surface area contributed by atoms with Gasteiger partial charge in [-0.05, 0) is 74.8 Å². The third-order valence-electron chi connectivity index (χ3n) is 11.1. The smallest absolute Gasteiger partial charge is 0.387 e. The van der Waals surface area contributed by atoms with Gasteiger partial charge in [-0.15, -0.1) is 0 Å². The van der Waals surface area contributed by atoms with Crippen molar-refractivity contribution >= 4 is 29.2 Å². The highest BCUT2D eigenvalue weighted by molar-refractivity contribution is 5.87. The van der Waals surface area contributed by atoms with Crippen LogP contribution in [0.15, 0.2) is 18.2 Å². The number of benzene rings is 1. The average Bonchev–Trinajstić information content (AvgIpc) is 3.55. The van der Waals surface area contributed by atoms with Gasteiger partial charge >= 0.3 is 12.6 Å². The number of fused-ring (bicyclic) bond motifs is 7. The summed E-state index contributed by atoms with van der Waals surface area (Å²) in [4.78, 5) is 51.7. The minimum absolute atomic E-state index is 0.0319. The molecule has 2 aliphatic heterocycles. The first-order valence-corrected chi connectivity index (χ1v) is 17.2. The van der Waals surface area contributed by atoms with E-state index in [1.54, 1.807) is 11.0 Å². The van der Waals surface area contributed by atoms with E-state index in [2.05, 4.69) is 11.7 Å². The molecule has 9 nitrogen and oxygen atoms in total. The molecule has 256 valence electrons. The number of alkyl halides is 2. The molecule has 3 fully saturated rings. The van der Waals surface area contributed by atoms with E-state index >= 15 is 0 Å². The SMILES string of the molecule is CC[C@@H]1[C@@H]2CN(C(=O)[C@H](C(C)(C)C)CC(=O)O[C@]3(C)CC4CC4[C@H]3CCCCCc3nc4ccc(OC(F)F)cc4nc3O2)[C@@H]1C=O. The highest BCUT2D eigenvalue weighted by Gasteiger charge is 2.60. The van der Waals surface area contributed by atoms with Crippen molar-refractivity contribution in [2.24, 2.45) is 35.0 Å². The van der Waals surface area contributed by atoms with Crippen molar-refractivity contribution in [2.75, 3.05) is 6.54 Å². The predicted octanol–water partition coefficient (Wildman–Crippen LogP) is 6.54. The summed E-state index contributed by atoms with van der Waals surface area (Å²) in [7, 11) is 0. The molecule has 2 bridgehead atoms. The molecule has 8 atom stereocenters.